The van der Waals surface area contributed by atoms with Gasteiger partial charge in [-0.25, -0.2) is 4.79 Å². The third kappa shape index (κ3) is 6.69. The van der Waals surface area contributed by atoms with Crippen LogP contribution in [0.4, 0.5) is 4.79 Å². The van der Waals surface area contributed by atoms with Crippen molar-refractivity contribution in [3.05, 3.63) is 35.9 Å². The van der Waals surface area contributed by atoms with Crippen LogP contribution in [0, 0.1) is 0 Å². The minimum absolute atomic E-state index is 0.175. The van der Waals surface area contributed by atoms with Gasteiger partial charge in [0.25, 0.3) is 0 Å². The van der Waals surface area contributed by atoms with E-state index in [2.05, 4.69) is 35.6 Å². The molecule has 1 saturated heterocycles. The fraction of sp³-hybridized carbons (Fsp3) is 0.731. The summed E-state index contributed by atoms with van der Waals surface area (Å²) in [6, 6.07) is 10.6. The fourth-order valence-corrected chi connectivity index (χ4v) is 5.17. The van der Waals surface area contributed by atoms with Gasteiger partial charge in [0.2, 0.25) is 0 Å². The Labute approximate surface area is 194 Å². The third-order valence-electron chi connectivity index (χ3n) is 6.98. The molecule has 1 aliphatic heterocycles. The van der Waals surface area contributed by atoms with Gasteiger partial charge in [0.05, 0.1) is 18.8 Å². The number of benzene rings is 1. The Bertz CT molecular complexity index is 713. The minimum Gasteiger partial charge on any atom is -0.444 e. The molecule has 2 fully saturated rings. The van der Waals surface area contributed by atoms with Crippen LogP contribution in [0.5, 0.6) is 0 Å². The van der Waals surface area contributed by atoms with Crippen LogP contribution < -0.4 is 11.1 Å². The molecule has 6 nitrogen and oxygen atoms in total. The number of nitrogens with zero attached hydrogens (tertiary/aromatic N) is 1. The zero-order chi connectivity index (χ0) is 23.2. The highest BCUT2D eigenvalue weighted by molar-refractivity contribution is 5.69. The SMILES string of the molecule is CNCCC1(N)CCCN(C(=O)OC(C)(C)C)C1COC1CCC(c2ccccc2)CC1. The van der Waals surface area contributed by atoms with Gasteiger partial charge in [-0.2, -0.15) is 0 Å². The average molecular weight is 446 g/mol. The maximum Gasteiger partial charge on any atom is 0.410 e. The number of carbonyl (C=O) groups excluding carboxylic acids is 1. The number of carbonyl (C=O) groups is 1. The van der Waals surface area contributed by atoms with Crippen molar-refractivity contribution in [1.82, 2.24) is 10.2 Å². The Morgan fingerprint density at radius 1 is 1.19 bits per heavy atom. The molecule has 1 amide bonds. The van der Waals surface area contributed by atoms with E-state index < -0.39 is 11.1 Å². The molecule has 2 aliphatic rings. The van der Waals surface area contributed by atoms with Crippen molar-refractivity contribution in [2.24, 2.45) is 5.73 Å². The molecule has 2 atom stereocenters. The predicted octanol–water partition coefficient (Wildman–Crippen LogP) is 4.44. The zero-order valence-corrected chi connectivity index (χ0v) is 20.4. The van der Waals surface area contributed by atoms with E-state index in [9.17, 15) is 4.79 Å². The third-order valence-corrected chi connectivity index (χ3v) is 6.98. The second kappa shape index (κ2) is 11.0. The number of ether oxygens (including phenoxy) is 2. The number of hydrogen-bond donors (Lipinski definition) is 2. The van der Waals surface area contributed by atoms with Gasteiger partial charge in [-0.15, -0.1) is 0 Å². The van der Waals surface area contributed by atoms with Gasteiger partial charge in [0.1, 0.15) is 5.60 Å². The monoisotopic (exact) mass is 445 g/mol. The van der Waals surface area contributed by atoms with Gasteiger partial charge in [0, 0.05) is 12.1 Å². The van der Waals surface area contributed by atoms with E-state index in [1.54, 1.807) is 0 Å². The molecule has 0 aromatic heterocycles. The van der Waals surface area contributed by atoms with Gasteiger partial charge in [0.15, 0.2) is 0 Å². The van der Waals surface area contributed by atoms with Crippen LogP contribution in [0.25, 0.3) is 0 Å². The number of piperidine rings is 1. The van der Waals surface area contributed by atoms with E-state index in [0.717, 1.165) is 51.5 Å². The van der Waals surface area contributed by atoms with Crippen LogP contribution in [0.2, 0.25) is 0 Å². The normalized spacial score (nSPS) is 29.0. The van der Waals surface area contributed by atoms with Crippen LogP contribution in [0.3, 0.4) is 0 Å². The Balaban J connectivity index is 1.63. The molecule has 3 N–H and O–H groups in total. The van der Waals surface area contributed by atoms with Crippen molar-refractivity contribution < 1.29 is 14.3 Å². The summed E-state index contributed by atoms with van der Waals surface area (Å²) in [5, 5.41) is 3.21. The first kappa shape index (κ1) is 25.0. The molecule has 1 heterocycles. The van der Waals surface area contributed by atoms with Gasteiger partial charge in [-0.3, -0.25) is 0 Å². The summed E-state index contributed by atoms with van der Waals surface area (Å²) >= 11 is 0. The first-order valence-electron chi connectivity index (χ1n) is 12.3. The van der Waals surface area contributed by atoms with E-state index in [1.807, 2.05) is 32.7 Å². The summed E-state index contributed by atoms with van der Waals surface area (Å²) in [5.74, 6) is 0.619. The number of likely N-dealkylation sites (tertiary alicyclic amines) is 1. The number of amides is 1. The maximum absolute atomic E-state index is 13.0. The Morgan fingerprint density at radius 3 is 2.50 bits per heavy atom. The van der Waals surface area contributed by atoms with Crippen LogP contribution in [0.15, 0.2) is 30.3 Å². The molecular formula is C26H43N3O3. The summed E-state index contributed by atoms with van der Waals surface area (Å²) in [6.07, 6.45) is 6.91. The summed E-state index contributed by atoms with van der Waals surface area (Å²) in [6.45, 7) is 7.67. The van der Waals surface area contributed by atoms with E-state index >= 15 is 0 Å². The van der Waals surface area contributed by atoms with Crippen LogP contribution >= 0.6 is 0 Å². The van der Waals surface area contributed by atoms with Crippen molar-refractivity contribution in [2.75, 3.05) is 26.7 Å². The first-order chi connectivity index (χ1) is 15.2. The number of hydrogen-bond acceptors (Lipinski definition) is 5. The highest BCUT2D eigenvalue weighted by atomic mass is 16.6. The largest absolute Gasteiger partial charge is 0.444 e. The zero-order valence-electron chi connectivity index (χ0n) is 20.4. The minimum atomic E-state index is -0.530. The molecule has 3 rings (SSSR count). The van der Waals surface area contributed by atoms with Crippen molar-refractivity contribution in [2.45, 2.75) is 94.9 Å². The number of nitrogens with one attached hydrogen (secondary N) is 1. The van der Waals surface area contributed by atoms with Crippen LogP contribution in [-0.4, -0.2) is 61.0 Å². The Hall–Kier alpha value is -1.63. The van der Waals surface area contributed by atoms with Crippen LogP contribution in [0.1, 0.15) is 77.2 Å². The lowest BCUT2D eigenvalue weighted by Crippen LogP contribution is -2.66. The molecule has 1 aromatic carbocycles. The summed E-state index contributed by atoms with van der Waals surface area (Å²) in [5.41, 5.74) is 7.36. The van der Waals surface area contributed by atoms with Crippen LogP contribution in [-0.2, 0) is 9.47 Å². The molecule has 180 valence electrons. The second-order valence-electron chi connectivity index (χ2n) is 10.6. The number of nitrogens with two attached hydrogens (primary N) is 1. The van der Waals surface area contributed by atoms with Crippen molar-refractivity contribution in [3.63, 3.8) is 0 Å². The highest BCUT2D eigenvalue weighted by Gasteiger charge is 2.45. The smallest absolute Gasteiger partial charge is 0.410 e. The van der Waals surface area contributed by atoms with Gasteiger partial charge in [-0.1, -0.05) is 30.3 Å². The molecule has 1 aromatic rings. The first-order valence-corrected chi connectivity index (χ1v) is 12.3. The Morgan fingerprint density at radius 2 is 1.88 bits per heavy atom. The molecule has 1 aliphatic carbocycles. The van der Waals surface area contributed by atoms with Crippen molar-refractivity contribution >= 4 is 6.09 Å². The van der Waals surface area contributed by atoms with E-state index in [1.165, 1.54) is 5.56 Å². The molecule has 6 heteroatoms. The van der Waals surface area contributed by atoms with E-state index in [0.29, 0.717) is 19.1 Å². The Kier molecular flexibility index (Phi) is 8.59. The standard InChI is InChI=1S/C26H43N3O3/c1-25(2,3)32-24(30)29-18-8-15-26(27,16-17-28-4)23(29)19-31-22-13-11-21(12-14-22)20-9-6-5-7-10-20/h5-7,9-10,21-23,28H,8,11-19,27H2,1-4H3. The fourth-order valence-electron chi connectivity index (χ4n) is 5.17. The average Bonchev–Trinajstić information content (AvgIpc) is 2.76. The molecule has 0 bridgehead atoms. The molecule has 2 unspecified atom stereocenters. The second-order valence-corrected chi connectivity index (χ2v) is 10.6. The quantitative estimate of drug-likeness (QED) is 0.649. The molecule has 1 saturated carbocycles. The predicted molar refractivity (Wildman–Crippen MR) is 129 cm³/mol. The van der Waals surface area contributed by atoms with Crippen molar-refractivity contribution in [1.29, 1.82) is 0 Å². The van der Waals surface area contributed by atoms with Crippen molar-refractivity contribution in [3.8, 4) is 0 Å². The summed E-state index contributed by atoms with van der Waals surface area (Å²) in [7, 11) is 1.94. The lowest BCUT2D eigenvalue weighted by molar-refractivity contribution is -0.0548. The number of rotatable bonds is 7. The van der Waals surface area contributed by atoms with E-state index in [4.69, 9.17) is 15.2 Å². The highest BCUT2D eigenvalue weighted by Crippen LogP contribution is 2.35. The molecule has 0 spiro atoms. The molecular weight excluding hydrogens is 402 g/mol. The van der Waals surface area contributed by atoms with E-state index in [-0.39, 0.29) is 18.2 Å². The summed E-state index contributed by atoms with van der Waals surface area (Å²) in [4.78, 5) is 14.8. The van der Waals surface area contributed by atoms with Gasteiger partial charge < -0.3 is 25.4 Å². The topological polar surface area (TPSA) is 76.8 Å². The molecule has 0 radical (unpaired) electrons. The van der Waals surface area contributed by atoms with Gasteiger partial charge >= 0.3 is 6.09 Å². The maximum atomic E-state index is 13.0. The summed E-state index contributed by atoms with van der Waals surface area (Å²) < 4.78 is 12.2. The van der Waals surface area contributed by atoms with Gasteiger partial charge in [-0.05, 0) is 90.8 Å². The lowest BCUT2D eigenvalue weighted by atomic mass is 9.79. The molecule has 32 heavy (non-hydrogen) atoms. The lowest BCUT2D eigenvalue weighted by Gasteiger charge is -2.48.